The Morgan fingerprint density at radius 2 is 1.64 bits per heavy atom. The van der Waals surface area contributed by atoms with Crippen LogP contribution in [0.3, 0.4) is 0 Å². The average molecular weight is 453 g/mol. The van der Waals surface area contributed by atoms with Crippen LogP contribution in [0.15, 0.2) is 48.5 Å². The zero-order chi connectivity index (χ0) is 23.4. The third-order valence-electron chi connectivity index (χ3n) is 6.32. The molecule has 1 atom stereocenters. The fourth-order valence-electron chi connectivity index (χ4n) is 4.63. The minimum atomic E-state index is -1.20. The van der Waals surface area contributed by atoms with Crippen LogP contribution >= 0.6 is 0 Å². The normalized spacial score (nSPS) is 17.4. The molecule has 4 rings (SSSR count). The lowest BCUT2D eigenvalue weighted by molar-refractivity contribution is -0.138. The largest absolute Gasteiger partial charge is 0.481 e. The van der Waals surface area contributed by atoms with Crippen LogP contribution in [-0.4, -0.2) is 54.5 Å². The van der Waals surface area contributed by atoms with Crippen LogP contribution in [0.2, 0.25) is 0 Å². The zero-order valence-electron chi connectivity index (χ0n) is 18.5. The topological polar surface area (TPSA) is 114 Å². The zero-order valence-corrected chi connectivity index (χ0v) is 18.5. The number of carboxylic acid groups (broad SMARTS) is 1. The first-order valence-electron chi connectivity index (χ1n) is 11.1. The number of benzene rings is 2. The van der Waals surface area contributed by atoms with Gasteiger partial charge in [-0.3, -0.25) is 9.59 Å². The van der Waals surface area contributed by atoms with Crippen molar-refractivity contribution in [3.05, 3.63) is 59.7 Å². The lowest BCUT2D eigenvalue weighted by Crippen LogP contribution is -2.62. The molecule has 1 heterocycles. The minimum absolute atomic E-state index is 0.0850. The standard InChI is InChI=1S/C25H28N2O6/c1-16(14-22(28)29)26-23(30)25(10-12-32-13-11-25)27-24(31)33-15-21-19-8-4-2-6-17(19)18-7-3-5-9-20(18)21/h2-9,16,21H,10-15H2,1H3,(H,26,30)(H,27,31)(H,28,29)/t16-/m1/s1. The second-order valence-electron chi connectivity index (χ2n) is 8.62. The maximum Gasteiger partial charge on any atom is 0.408 e. The average Bonchev–Trinajstić information content (AvgIpc) is 3.11. The Bertz CT molecular complexity index is 1000. The summed E-state index contributed by atoms with van der Waals surface area (Å²) < 4.78 is 11.0. The number of nitrogens with one attached hydrogen (secondary N) is 2. The highest BCUT2D eigenvalue weighted by Crippen LogP contribution is 2.44. The van der Waals surface area contributed by atoms with Gasteiger partial charge < -0.3 is 25.2 Å². The van der Waals surface area contributed by atoms with Crippen molar-refractivity contribution < 1.29 is 29.0 Å². The maximum atomic E-state index is 13.0. The van der Waals surface area contributed by atoms with E-state index in [-0.39, 0.29) is 31.8 Å². The maximum absolute atomic E-state index is 13.0. The fraction of sp³-hybridized carbons (Fsp3) is 0.400. The number of rotatable bonds is 7. The number of hydrogen-bond acceptors (Lipinski definition) is 5. The Hall–Kier alpha value is -3.39. The number of amides is 2. The molecule has 0 unspecified atom stereocenters. The van der Waals surface area contributed by atoms with Crippen LogP contribution in [0.25, 0.3) is 11.1 Å². The molecule has 1 fully saturated rings. The molecule has 1 aliphatic carbocycles. The van der Waals surface area contributed by atoms with E-state index in [4.69, 9.17) is 14.6 Å². The molecule has 1 saturated heterocycles. The number of carbonyl (C=O) groups excluding carboxylic acids is 2. The van der Waals surface area contributed by atoms with Gasteiger partial charge in [0.2, 0.25) is 5.91 Å². The van der Waals surface area contributed by atoms with Crippen molar-refractivity contribution in [1.82, 2.24) is 10.6 Å². The molecule has 2 aromatic carbocycles. The van der Waals surface area contributed by atoms with E-state index in [1.165, 1.54) is 0 Å². The van der Waals surface area contributed by atoms with Gasteiger partial charge in [-0.2, -0.15) is 0 Å². The van der Waals surface area contributed by atoms with Crippen molar-refractivity contribution >= 4 is 18.0 Å². The van der Waals surface area contributed by atoms with Crippen LogP contribution in [0.1, 0.15) is 43.2 Å². The summed E-state index contributed by atoms with van der Waals surface area (Å²) in [4.78, 5) is 36.8. The molecule has 2 aromatic rings. The molecule has 8 heteroatoms. The number of ether oxygens (including phenoxy) is 2. The van der Waals surface area contributed by atoms with Gasteiger partial charge in [0.25, 0.3) is 0 Å². The van der Waals surface area contributed by atoms with E-state index < -0.39 is 29.6 Å². The smallest absolute Gasteiger partial charge is 0.408 e. The number of carboxylic acids is 1. The third-order valence-corrected chi connectivity index (χ3v) is 6.32. The molecule has 0 spiro atoms. The summed E-state index contributed by atoms with van der Waals surface area (Å²) in [6.45, 7) is 2.38. The molecular formula is C25H28N2O6. The Labute approximate surface area is 192 Å². The molecule has 0 radical (unpaired) electrons. The summed E-state index contributed by atoms with van der Waals surface area (Å²) in [6, 6.07) is 15.6. The van der Waals surface area contributed by atoms with Crippen molar-refractivity contribution in [3.63, 3.8) is 0 Å². The monoisotopic (exact) mass is 452 g/mol. The Kier molecular flexibility index (Phi) is 6.65. The van der Waals surface area contributed by atoms with Gasteiger partial charge in [-0.05, 0) is 29.2 Å². The van der Waals surface area contributed by atoms with E-state index in [0.717, 1.165) is 22.3 Å². The fourth-order valence-corrected chi connectivity index (χ4v) is 4.63. The van der Waals surface area contributed by atoms with Crippen molar-refractivity contribution in [1.29, 1.82) is 0 Å². The molecule has 2 amide bonds. The second-order valence-corrected chi connectivity index (χ2v) is 8.62. The van der Waals surface area contributed by atoms with Gasteiger partial charge in [0.1, 0.15) is 12.1 Å². The first kappa shape index (κ1) is 22.8. The lowest BCUT2D eigenvalue weighted by Gasteiger charge is -2.36. The number of aliphatic carboxylic acids is 1. The molecule has 2 aliphatic rings. The van der Waals surface area contributed by atoms with Gasteiger partial charge >= 0.3 is 12.1 Å². The van der Waals surface area contributed by atoms with Gasteiger partial charge in [0.15, 0.2) is 0 Å². The Morgan fingerprint density at radius 3 is 2.21 bits per heavy atom. The summed E-state index contributed by atoms with van der Waals surface area (Å²) in [6.07, 6.45) is -0.325. The first-order valence-corrected chi connectivity index (χ1v) is 11.1. The SMILES string of the molecule is C[C@H](CC(=O)O)NC(=O)C1(NC(=O)OCC2c3ccccc3-c3ccccc32)CCOCC1. The number of hydrogen-bond donors (Lipinski definition) is 3. The molecule has 0 saturated carbocycles. The predicted octanol–water partition coefficient (Wildman–Crippen LogP) is 3.05. The summed E-state index contributed by atoms with van der Waals surface area (Å²) >= 11 is 0. The van der Waals surface area contributed by atoms with Gasteiger partial charge in [0.05, 0.1) is 6.42 Å². The highest BCUT2D eigenvalue weighted by molar-refractivity contribution is 5.90. The highest BCUT2D eigenvalue weighted by atomic mass is 16.5. The van der Waals surface area contributed by atoms with Crippen LogP contribution in [0.5, 0.6) is 0 Å². The van der Waals surface area contributed by atoms with Gasteiger partial charge in [-0.15, -0.1) is 0 Å². The van der Waals surface area contributed by atoms with Crippen LogP contribution in [-0.2, 0) is 19.1 Å². The van der Waals surface area contributed by atoms with Gasteiger partial charge in [-0.25, -0.2) is 4.79 Å². The van der Waals surface area contributed by atoms with Crippen molar-refractivity contribution in [3.8, 4) is 11.1 Å². The van der Waals surface area contributed by atoms with Gasteiger partial charge in [-0.1, -0.05) is 48.5 Å². The van der Waals surface area contributed by atoms with E-state index in [0.29, 0.717) is 13.2 Å². The van der Waals surface area contributed by atoms with E-state index in [1.807, 2.05) is 36.4 Å². The van der Waals surface area contributed by atoms with Crippen molar-refractivity contribution in [2.24, 2.45) is 0 Å². The van der Waals surface area contributed by atoms with E-state index >= 15 is 0 Å². The molecule has 1 aliphatic heterocycles. The van der Waals surface area contributed by atoms with Gasteiger partial charge in [0, 0.05) is 38.0 Å². The quantitative estimate of drug-likeness (QED) is 0.595. The molecule has 3 N–H and O–H groups in total. The molecule has 33 heavy (non-hydrogen) atoms. The number of alkyl carbamates (subject to hydrolysis) is 1. The molecule has 0 aromatic heterocycles. The molecular weight excluding hydrogens is 424 g/mol. The first-order chi connectivity index (χ1) is 15.9. The summed E-state index contributed by atoms with van der Waals surface area (Å²) in [5.41, 5.74) is 3.28. The highest BCUT2D eigenvalue weighted by Gasteiger charge is 2.42. The summed E-state index contributed by atoms with van der Waals surface area (Å²) in [5, 5.41) is 14.4. The molecule has 8 nitrogen and oxygen atoms in total. The van der Waals surface area contributed by atoms with Crippen LogP contribution in [0, 0.1) is 0 Å². The van der Waals surface area contributed by atoms with Crippen LogP contribution < -0.4 is 10.6 Å². The Morgan fingerprint density at radius 1 is 1.06 bits per heavy atom. The summed E-state index contributed by atoms with van der Waals surface area (Å²) in [5.74, 6) is -1.51. The number of carbonyl (C=O) groups is 3. The van der Waals surface area contributed by atoms with Crippen molar-refractivity contribution in [2.75, 3.05) is 19.8 Å². The molecule has 174 valence electrons. The number of fused-ring (bicyclic) bond motifs is 3. The summed E-state index contributed by atoms with van der Waals surface area (Å²) in [7, 11) is 0. The van der Waals surface area contributed by atoms with E-state index in [1.54, 1.807) is 6.92 Å². The third kappa shape index (κ3) is 4.85. The molecule has 0 bridgehead atoms. The van der Waals surface area contributed by atoms with E-state index in [2.05, 4.69) is 22.8 Å². The lowest BCUT2D eigenvalue weighted by atomic mass is 9.88. The predicted molar refractivity (Wildman–Crippen MR) is 121 cm³/mol. The van der Waals surface area contributed by atoms with Crippen LogP contribution in [0.4, 0.5) is 4.79 Å². The van der Waals surface area contributed by atoms with Crippen molar-refractivity contribution in [2.45, 2.75) is 43.7 Å². The Balaban J connectivity index is 1.44. The minimum Gasteiger partial charge on any atom is -0.481 e. The van der Waals surface area contributed by atoms with E-state index in [9.17, 15) is 14.4 Å². The second kappa shape index (κ2) is 9.62.